The van der Waals surface area contributed by atoms with Crippen molar-refractivity contribution in [1.82, 2.24) is 19.4 Å². The molecule has 0 bridgehead atoms. The molecule has 1 atom stereocenters. The first kappa shape index (κ1) is 19.2. The fraction of sp³-hybridized carbons (Fsp3) is 0.632. The summed E-state index contributed by atoms with van der Waals surface area (Å²) in [6.07, 6.45) is 8.17. The van der Waals surface area contributed by atoms with Gasteiger partial charge in [-0.1, -0.05) is 11.3 Å². The third-order valence-corrected chi connectivity index (χ3v) is 7.21. The number of likely N-dealkylation sites (tertiary alicyclic amines) is 2. The van der Waals surface area contributed by atoms with Crippen LogP contribution in [0.4, 0.5) is 0 Å². The minimum Gasteiger partial charge on any atom is -0.303 e. The lowest BCUT2D eigenvalue weighted by Crippen LogP contribution is -2.42. The van der Waals surface area contributed by atoms with Crippen LogP contribution in [0.2, 0.25) is 0 Å². The number of rotatable bonds is 6. The molecule has 2 saturated heterocycles. The zero-order chi connectivity index (χ0) is 18.8. The number of halogens is 1. The van der Waals surface area contributed by atoms with Crippen molar-refractivity contribution >= 4 is 43.9 Å². The van der Waals surface area contributed by atoms with Gasteiger partial charge in [0.2, 0.25) is 0 Å². The first-order valence-corrected chi connectivity index (χ1v) is 11.3. The van der Waals surface area contributed by atoms with Crippen molar-refractivity contribution in [3.05, 3.63) is 26.4 Å². The highest BCUT2D eigenvalue weighted by Gasteiger charge is 2.28. The van der Waals surface area contributed by atoms with Crippen LogP contribution in [0.3, 0.4) is 0 Å². The molecule has 0 spiro atoms. The largest absolute Gasteiger partial charge is 0.311 e. The molecular formula is C19H25BrN4O2S. The SMILES string of the molecule is O=CC(N1CCC(CCN2CCCC2)CC1)n1c(=O)sc2ncc(Br)cc21. The number of carbonyl (C=O) groups is 1. The van der Waals surface area contributed by atoms with E-state index in [1.54, 1.807) is 10.8 Å². The lowest BCUT2D eigenvalue weighted by Gasteiger charge is -2.36. The molecule has 2 aliphatic rings. The van der Waals surface area contributed by atoms with Gasteiger partial charge in [0.15, 0.2) is 6.29 Å². The summed E-state index contributed by atoms with van der Waals surface area (Å²) in [5, 5.41) is 0. The monoisotopic (exact) mass is 452 g/mol. The van der Waals surface area contributed by atoms with Crippen LogP contribution in [0.5, 0.6) is 0 Å². The average molecular weight is 453 g/mol. The molecular weight excluding hydrogens is 428 g/mol. The number of nitrogens with zero attached hydrogens (tertiary/aromatic N) is 4. The molecule has 2 aliphatic heterocycles. The van der Waals surface area contributed by atoms with Gasteiger partial charge in [-0.15, -0.1) is 0 Å². The predicted molar refractivity (Wildman–Crippen MR) is 111 cm³/mol. The Hall–Kier alpha value is -1.09. The second kappa shape index (κ2) is 8.51. The third-order valence-electron chi connectivity index (χ3n) is 5.90. The molecule has 146 valence electrons. The van der Waals surface area contributed by atoms with E-state index in [1.807, 2.05) is 6.07 Å². The third kappa shape index (κ3) is 4.18. The summed E-state index contributed by atoms with van der Waals surface area (Å²) in [6, 6.07) is 1.87. The molecule has 0 N–H and O–H groups in total. The highest BCUT2D eigenvalue weighted by molar-refractivity contribution is 9.10. The Bertz CT molecular complexity index is 853. The van der Waals surface area contributed by atoms with E-state index in [2.05, 4.69) is 30.7 Å². The molecule has 4 heterocycles. The van der Waals surface area contributed by atoms with Gasteiger partial charge in [-0.25, -0.2) is 4.98 Å². The van der Waals surface area contributed by atoms with Gasteiger partial charge >= 0.3 is 4.87 Å². The van der Waals surface area contributed by atoms with Crippen LogP contribution in [0.1, 0.15) is 38.3 Å². The number of thiazole rings is 1. The minimum absolute atomic E-state index is 0.121. The second-order valence-corrected chi connectivity index (χ2v) is 9.44. The Labute approximate surface area is 171 Å². The van der Waals surface area contributed by atoms with Crippen molar-refractivity contribution < 1.29 is 4.79 Å². The van der Waals surface area contributed by atoms with E-state index in [4.69, 9.17) is 0 Å². The Kier molecular flexibility index (Phi) is 6.06. The lowest BCUT2D eigenvalue weighted by atomic mass is 9.93. The average Bonchev–Trinajstić information content (AvgIpc) is 3.30. The zero-order valence-corrected chi connectivity index (χ0v) is 17.8. The van der Waals surface area contributed by atoms with Crippen LogP contribution in [0, 0.1) is 5.92 Å². The van der Waals surface area contributed by atoms with Crippen molar-refractivity contribution in [3.63, 3.8) is 0 Å². The summed E-state index contributed by atoms with van der Waals surface area (Å²) in [4.78, 5) is 34.1. The summed E-state index contributed by atoms with van der Waals surface area (Å²) < 4.78 is 2.42. The zero-order valence-electron chi connectivity index (χ0n) is 15.3. The van der Waals surface area contributed by atoms with Gasteiger partial charge < -0.3 is 4.90 Å². The molecule has 2 fully saturated rings. The maximum absolute atomic E-state index is 12.5. The van der Waals surface area contributed by atoms with Crippen LogP contribution in [0.15, 0.2) is 21.5 Å². The quantitative estimate of drug-likeness (QED) is 0.630. The van der Waals surface area contributed by atoms with Gasteiger partial charge in [0, 0.05) is 23.8 Å². The van der Waals surface area contributed by atoms with Crippen LogP contribution in [-0.4, -0.2) is 58.4 Å². The first-order chi connectivity index (χ1) is 13.2. The maximum Gasteiger partial charge on any atom is 0.311 e. The van der Waals surface area contributed by atoms with Crippen molar-refractivity contribution in [2.75, 3.05) is 32.7 Å². The molecule has 0 radical (unpaired) electrons. The molecule has 4 rings (SSSR count). The van der Waals surface area contributed by atoms with Crippen LogP contribution < -0.4 is 4.87 Å². The second-order valence-electron chi connectivity index (χ2n) is 7.58. The van der Waals surface area contributed by atoms with E-state index >= 15 is 0 Å². The standard InChI is InChI=1S/C19H25BrN4O2S/c20-15-11-16-18(21-12-15)27-19(26)24(16)17(13-25)23-9-4-14(5-10-23)3-8-22-6-1-2-7-22/h11-14,17H,1-10H2. The molecule has 0 saturated carbocycles. The predicted octanol–water partition coefficient (Wildman–Crippen LogP) is 3.12. The fourth-order valence-electron chi connectivity index (χ4n) is 4.34. The molecule has 1 unspecified atom stereocenters. The molecule has 2 aromatic heterocycles. The van der Waals surface area contributed by atoms with Crippen molar-refractivity contribution in [2.24, 2.45) is 5.92 Å². The molecule has 0 aliphatic carbocycles. The fourth-order valence-corrected chi connectivity index (χ4v) is 5.49. The normalized spacial score (nSPS) is 21.1. The van der Waals surface area contributed by atoms with Crippen LogP contribution in [0.25, 0.3) is 10.3 Å². The Morgan fingerprint density at radius 1 is 1.26 bits per heavy atom. The van der Waals surface area contributed by atoms with E-state index in [0.717, 1.165) is 59.5 Å². The number of aromatic nitrogens is 2. The molecule has 0 aromatic carbocycles. The molecule has 27 heavy (non-hydrogen) atoms. The van der Waals surface area contributed by atoms with Gasteiger partial charge in [-0.05, 0) is 79.7 Å². The number of aldehydes is 1. The number of carbonyl (C=O) groups excluding carboxylic acids is 1. The van der Waals surface area contributed by atoms with E-state index in [0.29, 0.717) is 4.83 Å². The van der Waals surface area contributed by atoms with E-state index in [1.165, 1.54) is 38.9 Å². The summed E-state index contributed by atoms with van der Waals surface area (Å²) in [5.74, 6) is 0.723. The van der Waals surface area contributed by atoms with Crippen molar-refractivity contribution in [3.8, 4) is 0 Å². The number of piperidine rings is 1. The number of hydrogen-bond donors (Lipinski definition) is 0. The van der Waals surface area contributed by atoms with Gasteiger partial charge in [-0.3, -0.25) is 19.1 Å². The van der Waals surface area contributed by atoms with E-state index in [9.17, 15) is 9.59 Å². The summed E-state index contributed by atoms with van der Waals surface area (Å²) in [5.41, 5.74) is 0.729. The molecule has 6 nitrogen and oxygen atoms in total. The molecule has 2 aromatic rings. The summed E-state index contributed by atoms with van der Waals surface area (Å²) >= 11 is 4.52. The van der Waals surface area contributed by atoms with Crippen molar-refractivity contribution in [1.29, 1.82) is 0 Å². The Morgan fingerprint density at radius 3 is 2.70 bits per heavy atom. The van der Waals surface area contributed by atoms with Crippen LogP contribution >= 0.6 is 27.3 Å². The lowest BCUT2D eigenvalue weighted by molar-refractivity contribution is -0.116. The van der Waals surface area contributed by atoms with Gasteiger partial charge in [0.05, 0.1) is 5.52 Å². The molecule has 0 amide bonds. The topological polar surface area (TPSA) is 58.4 Å². The molecule has 8 heteroatoms. The number of hydrogen-bond acceptors (Lipinski definition) is 6. The highest BCUT2D eigenvalue weighted by atomic mass is 79.9. The van der Waals surface area contributed by atoms with E-state index in [-0.39, 0.29) is 4.87 Å². The smallest absolute Gasteiger partial charge is 0.303 e. The van der Waals surface area contributed by atoms with Crippen molar-refractivity contribution in [2.45, 2.75) is 38.3 Å². The highest BCUT2D eigenvalue weighted by Crippen LogP contribution is 2.28. The van der Waals surface area contributed by atoms with E-state index < -0.39 is 6.17 Å². The Balaban J connectivity index is 1.44. The maximum atomic E-state index is 12.5. The summed E-state index contributed by atoms with van der Waals surface area (Å²) in [6.45, 7) is 5.43. The number of fused-ring (bicyclic) bond motifs is 1. The van der Waals surface area contributed by atoms with Gasteiger partial charge in [0.1, 0.15) is 11.0 Å². The Morgan fingerprint density at radius 2 is 2.00 bits per heavy atom. The minimum atomic E-state index is -0.540. The van der Waals surface area contributed by atoms with Gasteiger partial charge in [0.25, 0.3) is 0 Å². The number of pyridine rings is 1. The van der Waals surface area contributed by atoms with Gasteiger partial charge in [-0.2, -0.15) is 0 Å². The first-order valence-electron chi connectivity index (χ1n) is 9.74. The van der Waals surface area contributed by atoms with Crippen LogP contribution in [-0.2, 0) is 4.79 Å². The summed E-state index contributed by atoms with van der Waals surface area (Å²) in [7, 11) is 0.